The molecule has 5 nitrogen and oxygen atoms in total. The molecule has 2 heterocycles. The topological polar surface area (TPSA) is 49.6 Å². The Kier molecular flexibility index (Phi) is 6.25. The highest BCUT2D eigenvalue weighted by Crippen LogP contribution is 2.25. The summed E-state index contributed by atoms with van der Waals surface area (Å²) in [6, 6.07) is 9.60. The van der Waals surface area contributed by atoms with Crippen LogP contribution < -0.4 is 4.90 Å². The van der Waals surface area contributed by atoms with Gasteiger partial charge in [-0.1, -0.05) is 0 Å². The monoisotopic (exact) mass is 429 g/mol. The van der Waals surface area contributed by atoms with E-state index in [0.29, 0.717) is 31.9 Å². The van der Waals surface area contributed by atoms with Gasteiger partial charge in [0.25, 0.3) is 0 Å². The second-order valence-corrected chi connectivity index (χ2v) is 7.44. The zero-order valence-corrected chi connectivity index (χ0v) is 16.9. The molecule has 2 aromatic carbocycles. The molecule has 0 aliphatic carbocycles. The molecular weight excluding hydrogens is 407 g/mol. The van der Waals surface area contributed by atoms with Crippen LogP contribution in [-0.4, -0.2) is 42.0 Å². The molecule has 1 aliphatic heterocycles. The lowest BCUT2D eigenvalue weighted by Gasteiger charge is -2.23. The number of benzene rings is 2. The van der Waals surface area contributed by atoms with Crippen molar-refractivity contribution < 1.29 is 22.4 Å². The second kappa shape index (κ2) is 9.24. The molecule has 0 atom stereocenters. The highest BCUT2D eigenvalue weighted by Gasteiger charge is 2.20. The van der Waals surface area contributed by atoms with Gasteiger partial charge in [-0.3, -0.25) is 4.79 Å². The maximum absolute atomic E-state index is 13.9. The number of amides is 1. The molecule has 0 N–H and O–H groups in total. The lowest BCUT2D eigenvalue weighted by atomic mass is 10.2. The third-order valence-electron chi connectivity index (χ3n) is 5.34. The average molecular weight is 429 g/mol. The Balaban J connectivity index is 1.32. The van der Waals surface area contributed by atoms with Crippen LogP contribution in [0.4, 0.5) is 18.9 Å². The van der Waals surface area contributed by atoms with E-state index in [-0.39, 0.29) is 29.5 Å². The molecular formula is C23H22F3N3O2. The fourth-order valence-electron chi connectivity index (χ4n) is 3.69. The first-order valence-corrected chi connectivity index (χ1v) is 10.2. The fraction of sp³-hybridized carbons (Fsp3) is 0.304. The highest BCUT2D eigenvalue weighted by atomic mass is 19.1. The third kappa shape index (κ3) is 5.07. The predicted molar refractivity (Wildman–Crippen MR) is 110 cm³/mol. The van der Waals surface area contributed by atoms with Crippen molar-refractivity contribution in [1.29, 1.82) is 0 Å². The third-order valence-corrected chi connectivity index (χ3v) is 5.34. The first kappa shape index (κ1) is 21.0. The number of aromatic nitrogens is 1. The van der Waals surface area contributed by atoms with Gasteiger partial charge in [-0.15, -0.1) is 0 Å². The van der Waals surface area contributed by atoms with Crippen molar-refractivity contribution in [2.45, 2.75) is 19.3 Å². The number of nitrogens with zero attached hydrogens (tertiary/aromatic N) is 3. The minimum Gasteiger partial charge on any atom is -0.441 e. The molecule has 0 saturated carbocycles. The van der Waals surface area contributed by atoms with Crippen LogP contribution in [0.25, 0.3) is 11.3 Å². The Hall–Kier alpha value is -3.29. The van der Waals surface area contributed by atoms with Gasteiger partial charge in [0, 0.05) is 50.8 Å². The normalized spacial score (nSPS) is 14.5. The van der Waals surface area contributed by atoms with E-state index in [1.165, 1.54) is 24.4 Å². The standard InChI is InChI=1S/C23H22F3N3O2/c24-16-2-5-18(6-3-16)28-10-1-11-29(13-12-28)23(30)9-8-22-27-15-21(31-22)19-7-4-17(25)14-20(19)26/h2-7,14-15H,1,8-13H2. The van der Waals surface area contributed by atoms with Gasteiger partial charge >= 0.3 is 0 Å². The van der Waals surface area contributed by atoms with Crippen molar-refractivity contribution >= 4 is 11.6 Å². The summed E-state index contributed by atoms with van der Waals surface area (Å²) in [5, 5.41) is 0. The number of hydrogen-bond donors (Lipinski definition) is 0. The summed E-state index contributed by atoms with van der Waals surface area (Å²) in [6.07, 6.45) is 2.71. The molecule has 1 fully saturated rings. The smallest absolute Gasteiger partial charge is 0.223 e. The maximum atomic E-state index is 13.9. The average Bonchev–Trinajstić information content (AvgIpc) is 3.08. The Labute approximate surface area is 178 Å². The van der Waals surface area contributed by atoms with Crippen LogP contribution in [0.5, 0.6) is 0 Å². The van der Waals surface area contributed by atoms with Gasteiger partial charge in [0.15, 0.2) is 11.7 Å². The van der Waals surface area contributed by atoms with E-state index in [4.69, 9.17) is 4.42 Å². The molecule has 31 heavy (non-hydrogen) atoms. The summed E-state index contributed by atoms with van der Waals surface area (Å²) in [6.45, 7) is 2.69. The molecule has 0 bridgehead atoms. The van der Waals surface area contributed by atoms with Crippen molar-refractivity contribution in [2.24, 2.45) is 0 Å². The molecule has 1 aromatic heterocycles. The SMILES string of the molecule is O=C(CCc1ncc(-c2ccc(F)cc2F)o1)N1CCCN(c2ccc(F)cc2)CC1. The molecule has 1 amide bonds. The number of carbonyl (C=O) groups excluding carboxylic acids is 1. The van der Waals surface area contributed by atoms with Gasteiger partial charge in [-0.25, -0.2) is 18.2 Å². The molecule has 8 heteroatoms. The molecule has 162 valence electrons. The predicted octanol–water partition coefficient (Wildman–Crippen LogP) is 4.43. The first-order chi connectivity index (χ1) is 15.0. The Bertz CT molecular complexity index is 1050. The van der Waals surface area contributed by atoms with E-state index in [1.807, 2.05) is 4.90 Å². The summed E-state index contributed by atoms with van der Waals surface area (Å²) >= 11 is 0. The summed E-state index contributed by atoms with van der Waals surface area (Å²) in [7, 11) is 0. The van der Waals surface area contributed by atoms with Crippen LogP contribution in [0.15, 0.2) is 53.1 Å². The van der Waals surface area contributed by atoms with E-state index >= 15 is 0 Å². The summed E-state index contributed by atoms with van der Waals surface area (Å²) < 4.78 is 45.7. The lowest BCUT2D eigenvalue weighted by molar-refractivity contribution is -0.131. The number of rotatable bonds is 5. The van der Waals surface area contributed by atoms with Crippen molar-refractivity contribution in [1.82, 2.24) is 9.88 Å². The van der Waals surface area contributed by atoms with Gasteiger partial charge in [-0.05, 0) is 42.8 Å². The van der Waals surface area contributed by atoms with E-state index in [9.17, 15) is 18.0 Å². The first-order valence-electron chi connectivity index (χ1n) is 10.2. The quantitative estimate of drug-likeness (QED) is 0.602. The van der Waals surface area contributed by atoms with Gasteiger partial charge in [-0.2, -0.15) is 0 Å². The molecule has 0 radical (unpaired) electrons. The Morgan fingerprint density at radius 3 is 2.52 bits per heavy atom. The Morgan fingerprint density at radius 1 is 0.968 bits per heavy atom. The summed E-state index contributed by atoms with van der Waals surface area (Å²) in [4.78, 5) is 20.7. The van der Waals surface area contributed by atoms with Crippen LogP contribution in [0, 0.1) is 17.5 Å². The molecule has 3 aromatic rings. The second-order valence-electron chi connectivity index (χ2n) is 7.44. The number of oxazole rings is 1. The fourth-order valence-corrected chi connectivity index (χ4v) is 3.69. The number of aryl methyl sites for hydroxylation is 1. The van der Waals surface area contributed by atoms with Crippen molar-refractivity contribution in [2.75, 3.05) is 31.1 Å². The molecule has 0 spiro atoms. The van der Waals surface area contributed by atoms with Gasteiger partial charge in [0.2, 0.25) is 5.91 Å². The van der Waals surface area contributed by atoms with Crippen molar-refractivity contribution in [3.05, 3.63) is 72.0 Å². The largest absolute Gasteiger partial charge is 0.441 e. The number of halogens is 3. The van der Waals surface area contributed by atoms with Gasteiger partial charge in [0.1, 0.15) is 17.5 Å². The molecule has 1 aliphatic rings. The number of carbonyl (C=O) groups is 1. The zero-order valence-electron chi connectivity index (χ0n) is 16.9. The summed E-state index contributed by atoms with van der Waals surface area (Å²) in [5.74, 6) is -1.14. The zero-order chi connectivity index (χ0) is 21.8. The summed E-state index contributed by atoms with van der Waals surface area (Å²) in [5.41, 5.74) is 1.07. The van der Waals surface area contributed by atoms with Gasteiger partial charge in [0.05, 0.1) is 11.8 Å². The van der Waals surface area contributed by atoms with Crippen molar-refractivity contribution in [3.63, 3.8) is 0 Å². The lowest BCUT2D eigenvalue weighted by Crippen LogP contribution is -2.35. The molecule has 1 saturated heterocycles. The van der Waals surface area contributed by atoms with E-state index in [2.05, 4.69) is 9.88 Å². The van der Waals surface area contributed by atoms with E-state index in [1.54, 1.807) is 12.1 Å². The van der Waals surface area contributed by atoms with Crippen LogP contribution in [0.3, 0.4) is 0 Å². The molecule has 0 unspecified atom stereocenters. The van der Waals surface area contributed by atoms with Crippen molar-refractivity contribution in [3.8, 4) is 11.3 Å². The maximum Gasteiger partial charge on any atom is 0.223 e. The van der Waals surface area contributed by atoms with Gasteiger partial charge < -0.3 is 14.2 Å². The minimum absolute atomic E-state index is 0.00586. The van der Waals surface area contributed by atoms with Crippen LogP contribution in [0.2, 0.25) is 0 Å². The molecule has 4 rings (SSSR count). The van der Waals surface area contributed by atoms with Crippen LogP contribution in [0.1, 0.15) is 18.7 Å². The van der Waals surface area contributed by atoms with Crippen LogP contribution >= 0.6 is 0 Å². The van der Waals surface area contributed by atoms with E-state index < -0.39 is 11.6 Å². The highest BCUT2D eigenvalue weighted by molar-refractivity contribution is 5.76. The number of hydrogen-bond acceptors (Lipinski definition) is 4. The van der Waals surface area contributed by atoms with Crippen LogP contribution in [-0.2, 0) is 11.2 Å². The minimum atomic E-state index is -0.728. The number of anilines is 1. The van der Waals surface area contributed by atoms with E-state index in [0.717, 1.165) is 30.8 Å². The Morgan fingerprint density at radius 2 is 1.74 bits per heavy atom.